The number of amides is 1. The molecule has 1 saturated carbocycles. The zero-order valence-electron chi connectivity index (χ0n) is 11.5. The quantitative estimate of drug-likeness (QED) is 0.748. The number of hydrogen-bond acceptors (Lipinski definition) is 2. The maximum absolute atomic E-state index is 12.1. The fourth-order valence-corrected chi connectivity index (χ4v) is 3.03. The molecule has 1 amide bonds. The van der Waals surface area contributed by atoms with E-state index in [2.05, 4.69) is 26.1 Å². The standard InChI is InChI=1S/C14H28N2O/c1-4-6-12(9-15)14(17)16-13-8-7-11(5-2)10(13)3/h10-13H,4-9,15H2,1-3H3,(H,16,17). The number of nitrogens with one attached hydrogen (secondary N) is 1. The maximum Gasteiger partial charge on any atom is 0.224 e. The van der Waals surface area contributed by atoms with Gasteiger partial charge in [0.15, 0.2) is 0 Å². The van der Waals surface area contributed by atoms with Crippen LogP contribution in [0.1, 0.15) is 52.9 Å². The van der Waals surface area contributed by atoms with Gasteiger partial charge in [0.1, 0.15) is 0 Å². The molecule has 4 atom stereocenters. The van der Waals surface area contributed by atoms with E-state index in [0.29, 0.717) is 18.5 Å². The molecule has 100 valence electrons. The van der Waals surface area contributed by atoms with Crippen LogP contribution >= 0.6 is 0 Å². The van der Waals surface area contributed by atoms with E-state index in [0.717, 1.165) is 25.2 Å². The zero-order chi connectivity index (χ0) is 12.8. The molecule has 1 aliphatic carbocycles. The first-order chi connectivity index (χ1) is 8.13. The van der Waals surface area contributed by atoms with Gasteiger partial charge in [-0.1, -0.05) is 33.6 Å². The minimum atomic E-state index is 0.00729. The van der Waals surface area contributed by atoms with E-state index in [1.165, 1.54) is 12.8 Å². The lowest BCUT2D eigenvalue weighted by Crippen LogP contribution is -2.43. The van der Waals surface area contributed by atoms with Crippen LogP contribution in [0.2, 0.25) is 0 Å². The van der Waals surface area contributed by atoms with Gasteiger partial charge in [0.2, 0.25) is 5.91 Å². The van der Waals surface area contributed by atoms with Gasteiger partial charge >= 0.3 is 0 Å². The maximum atomic E-state index is 12.1. The van der Waals surface area contributed by atoms with Crippen LogP contribution in [-0.2, 0) is 4.79 Å². The highest BCUT2D eigenvalue weighted by Gasteiger charge is 2.33. The predicted molar refractivity (Wildman–Crippen MR) is 71.6 cm³/mol. The van der Waals surface area contributed by atoms with Gasteiger partial charge in [-0.3, -0.25) is 4.79 Å². The van der Waals surface area contributed by atoms with Gasteiger partial charge in [-0.25, -0.2) is 0 Å². The first-order valence-electron chi connectivity index (χ1n) is 7.14. The summed E-state index contributed by atoms with van der Waals surface area (Å²) < 4.78 is 0. The van der Waals surface area contributed by atoms with Crippen molar-refractivity contribution in [2.24, 2.45) is 23.5 Å². The molecule has 0 radical (unpaired) electrons. The summed E-state index contributed by atoms with van der Waals surface area (Å²) >= 11 is 0. The Morgan fingerprint density at radius 3 is 2.59 bits per heavy atom. The van der Waals surface area contributed by atoms with Crippen molar-refractivity contribution >= 4 is 5.91 Å². The van der Waals surface area contributed by atoms with Gasteiger partial charge in [-0.15, -0.1) is 0 Å². The Morgan fingerprint density at radius 2 is 2.12 bits per heavy atom. The molecule has 0 saturated heterocycles. The largest absolute Gasteiger partial charge is 0.353 e. The average Bonchev–Trinajstić information content (AvgIpc) is 2.67. The molecular formula is C14H28N2O. The molecule has 0 aromatic carbocycles. The second-order valence-corrected chi connectivity index (χ2v) is 5.44. The first-order valence-corrected chi connectivity index (χ1v) is 7.14. The van der Waals surface area contributed by atoms with Gasteiger partial charge in [0.05, 0.1) is 5.92 Å². The summed E-state index contributed by atoms with van der Waals surface area (Å²) in [6.07, 6.45) is 5.54. The second-order valence-electron chi connectivity index (χ2n) is 5.44. The summed E-state index contributed by atoms with van der Waals surface area (Å²) in [7, 11) is 0. The van der Waals surface area contributed by atoms with Crippen molar-refractivity contribution in [1.82, 2.24) is 5.32 Å². The van der Waals surface area contributed by atoms with E-state index >= 15 is 0 Å². The Morgan fingerprint density at radius 1 is 1.41 bits per heavy atom. The highest BCUT2D eigenvalue weighted by Crippen LogP contribution is 2.33. The third-order valence-electron chi connectivity index (χ3n) is 4.37. The smallest absolute Gasteiger partial charge is 0.224 e. The molecule has 4 unspecified atom stereocenters. The van der Waals surface area contributed by atoms with E-state index in [-0.39, 0.29) is 11.8 Å². The van der Waals surface area contributed by atoms with Crippen molar-refractivity contribution in [3.8, 4) is 0 Å². The summed E-state index contributed by atoms with van der Waals surface area (Å²) in [5, 5.41) is 3.21. The Kier molecular flexibility index (Phi) is 5.96. The van der Waals surface area contributed by atoms with Crippen LogP contribution in [0.4, 0.5) is 0 Å². The Hall–Kier alpha value is -0.570. The van der Waals surface area contributed by atoms with Crippen molar-refractivity contribution in [3.05, 3.63) is 0 Å². The lowest BCUT2D eigenvalue weighted by atomic mass is 9.93. The third-order valence-corrected chi connectivity index (χ3v) is 4.37. The van der Waals surface area contributed by atoms with Crippen LogP contribution in [0.5, 0.6) is 0 Å². The molecule has 0 heterocycles. The van der Waals surface area contributed by atoms with Crippen molar-refractivity contribution in [2.45, 2.75) is 58.9 Å². The lowest BCUT2D eigenvalue weighted by Gasteiger charge is -2.23. The molecule has 1 rings (SSSR count). The molecule has 1 aliphatic rings. The highest BCUT2D eigenvalue weighted by molar-refractivity contribution is 5.79. The molecule has 0 aliphatic heterocycles. The number of nitrogens with two attached hydrogens (primary N) is 1. The second kappa shape index (κ2) is 7.00. The normalized spacial score (nSPS) is 30.2. The fraction of sp³-hybridized carbons (Fsp3) is 0.929. The summed E-state index contributed by atoms with van der Waals surface area (Å²) in [6, 6.07) is 0.373. The Balaban J connectivity index is 2.46. The molecule has 0 aromatic rings. The topological polar surface area (TPSA) is 55.1 Å². The third kappa shape index (κ3) is 3.70. The van der Waals surface area contributed by atoms with Crippen LogP contribution < -0.4 is 11.1 Å². The number of hydrogen-bond donors (Lipinski definition) is 2. The van der Waals surface area contributed by atoms with E-state index in [1.807, 2.05) is 0 Å². The molecule has 0 bridgehead atoms. The van der Waals surface area contributed by atoms with Gasteiger partial charge < -0.3 is 11.1 Å². The monoisotopic (exact) mass is 240 g/mol. The molecule has 0 aromatic heterocycles. The van der Waals surface area contributed by atoms with Gasteiger partial charge in [0.25, 0.3) is 0 Å². The lowest BCUT2D eigenvalue weighted by molar-refractivity contribution is -0.125. The predicted octanol–water partition coefficient (Wildman–Crippen LogP) is 2.30. The number of carbonyl (C=O) groups excluding carboxylic acids is 1. The molecule has 3 heteroatoms. The van der Waals surface area contributed by atoms with E-state index in [4.69, 9.17) is 5.73 Å². The SMILES string of the molecule is CCCC(CN)C(=O)NC1CCC(CC)C1C. The molecule has 1 fully saturated rings. The van der Waals surface area contributed by atoms with Crippen LogP contribution in [-0.4, -0.2) is 18.5 Å². The summed E-state index contributed by atoms with van der Waals surface area (Å²) in [6.45, 7) is 7.08. The average molecular weight is 240 g/mol. The minimum Gasteiger partial charge on any atom is -0.353 e. The minimum absolute atomic E-state index is 0.00729. The van der Waals surface area contributed by atoms with Crippen molar-refractivity contribution in [3.63, 3.8) is 0 Å². The van der Waals surface area contributed by atoms with Gasteiger partial charge in [-0.05, 0) is 31.1 Å². The van der Waals surface area contributed by atoms with Crippen LogP contribution in [0, 0.1) is 17.8 Å². The van der Waals surface area contributed by atoms with Crippen molar-refractivity contribution in [1.29, 1.82) is 0 Å². The van der Waals surface area contributed by atoms with Crippen molar-refractivity contribution in [2.75, 3.05) is 6.54 Å². The van der Waals surface area contributed by atoms with E-state index in [1.54, 1.807) is 0 Å². The zero-order valence-corrected chi connectivity index (χ0v) is 11.5. The first kappa shape index (κ1) is 14.5. The van der Waals surface area contributed by atoms with E-state index in [9.17, 15) is 4.79 Å². The van der Waals surface area contributed by atoms with E-state index < -0.39 is 0 Å². The number of carbonyl (C=O) groups is 1. The molecule has 17 heavy (non-hydrogen) atoms. The van der Waals surface area contributed by atoms with Gasteiger partial charge in [-0.2, -0.15) is 0 Å². The molecule has 0 spiro atoms. The van der Waals surface area contributed by atoms with Gasteiger partial charge in [0, 0.05) is 12.6 Å². The van der Waals surface area contributed by atoms with Crippen LogP contribution in [0.25, 0.3) is 0 Å². The van der Waals surface area contributed by atoms with Crippen molar-refractivity contribution < 1.29 is 4.79 Å². The number of rotatable bonds is 6. The fourth-order valence-electron chi connectivity index (χ4n) is 3.03. The molecule has 3 N–H and O–H groups in total. The molecule has 3 nitrogen and oxygen atoms in total. The summed E-state index contributed by atoms with van der Waals surface area (Å²) in [5.74, 6) is 1.57. The summed E-state index contributed by atoms with van der Waals surface area (Å²) in [5.41, 5.74) is 5.66. The summed E-state index contributed by atoms with van der Waals surface area (Å²) in [4.78, 5) is 12.1. The Labute approximate surface area is 106 Å². The molecular weight excluding hydrogens is 212 g/mol. The highest BCUT2D eigenvalue weighted by atomic mass is 16.1. The Bertz CT molecular complexity index is 242. The van der Waals surface area contributed by atoms with Crippen LogP contribution in [0.3, 0.4) is 0 Å². The van der Waals surface area contributed by atoms with Crippen LogP contribution in [0.15, 0.2) is 0 Å².